The van der Waals surface area contributed by atoms with Crippen LogP contribution >= 0.6 is 11.6 Å². The van der Waals surface area contributed by atoms with Crippen molar-refractivity contribution in [2.45, 2.75) is 30.0 Å². The molecule has 0 radical (unpaired) electrons. The van der Waals surface area contributed by atoms with E-state index in [2.05, 4.69) is 0 Å². The lowest BCUT2D eigenvalue weighted by atomic mass is 9.86. The third-order valence-electron chi connectivity index (χ3n) is 3.84. The Kier molecular flexibility index (Phi) is 4.94. The first kappa shape index (κ1) is 15.6. The Bertz CT molecular complexity index is 570. The van der Waals surface area contributed by atoms with E-state index in [1.54, 1.807) is 32.4 Å². The van der Waals surface area contributed by atoms with Crippen molar-refractivity contribution >= 4 is 21.6 Å². The summed E-state index contributed by atoms with van der Waals surface area (Å²) < 4.78 is 31.6. The summed E-state index contributed by atoms with van der Waals surface area (Å²) >= 11 is 5.84. The SMILES string of the molecule is COc1ccc(S(=O)(=O)N(C)CC2CCC2)cc1CCl. The first-order valence-corrected chi connectivity index (χ1v) is 8.65. The van der Waals surface area contributed by atoms with Crippen LogP contribution in [0.4, 0.5) is 0 Å². The summed E-state index contributed by atoms with van der Waals surface area (Å²) in [6.45, 7) is 0.588. The predicted octanol–water partition coefficient (Wildman–Crippen LogP) is 2.85. The fourth-order valence-electron chi connectivity index (χ4n) is 2.34. The molecule has 1 fully saturated rings. The molecule has 1 aliphatic rings. The molecule has 0 bridgehead atoms. The summed E-state index contributed by atoms with van der Waals surface area (Å²) in [6, 6.07) is 4.82. The Balaban J connectivity index is 2.23. The summed E-state index contributed by atoms with van der Waals surface area (Å²) in [5.74, 6) is 1.33. The maximum absolute atomic E-state index is 12.5. The highest BCUT2D eigenvalue weighted by atomic mass is 35.5. The molecule has 0 amide bonds. The van der Waals surface area contributed by atoms with Gasteiger partial charge < -0.3 is 4.74 Å². The van der Waals surface area contributed by atoms with Crippen molar-refractivity contribution in [1.82, 2.24) is 4.31 Å². The molecule has 0 aromatic heterocycles. The first-order valence-electron chi connectivity index (χ1n) is 6.68. The van der Waals surface area contributed by atoms with E-state index in [1.165, 1.54) is 10.7 Å². The Morgan fingerprint density at radius 3 is 2.60 bits per heavy atom. The quantitative estimate of drug-likeness (QED) is 0.758. The molecule has 1 saturated carbocycles. The molecule has 0 atom stereocenters. The van der Waals surface area contributed by atoms with Crippen LogP contribution in [0.5, 0.6) is 5.75 Å². The van der Waals surface area contributed by atoms with Gasteiger partial charge in [-0.3, -0.25) is 0 Å². The third kappa shape index (κ3) is 3.10. The van der Waals surface area contributed by atoms with Crippen LogP contribution in [0.15, 0.2) is 23.1 Å². The van der Waals surface area contributed by atoms with E-state index in [-0.39, 0.29) is 10.8 Å². The zero-order valence-corrected chi connectivity index (χ0v) is 13.4. The Labute approximate surface area is 125 Å². The van der Waals surface area contributed by atoms with Crippen LogP contribution in [0.3, 0.4) is 0 Å². The highest BCUT2D eigenvalue weighted by Crippen LogP contribution is 2.30. The average molecular weight is 318 g/mol. The molecular formula is C14H20ClNO3S. The largest absolute Gasteiger partial charge is 0.496 e. The summed E-state index contributed by atoms with van der Waals surface area (Å²) in [7, 11) is -0.268. The number of halogens is 1. The van der Waals surface area contributed by atoms with Gasteiger partial charge in [0.15, 0.2) is 0 Å². The average Bonchev–Trinajstić information content (AvgIpc) is 2.41. The minimum Gasteiger partial charge on any atom is -0.496 e. The molecule has 0 saturated heterocycles. The lowest BCUT2D eigenvalue weighted by Gasteiger charge is -2.29. The number of sulfonamides is 1. The number of hydrogen-bond donors (Lipinski definition) is 0. The molecule has 6 heteroatoms. The monoisotopic (exact) mass is 317 g/mol. The summed E-state index contributed by atoms with van der Waals surface area (Å²) in [5.41, 5.74) is 0.687. The van der Waals surface area contributed by atoms with Crippen molar-refractivity contribution in [2.75, 3.05) is 20.7 Å². The van der Waals surface area contributed by atoms with Gasteiger partial charge in [-0.25, -0.2) is 12.7 Å². The lowest BCUT2D eigenvalue weighted by molar-refractivity contribution is 0.263. The highest BCUT2D eigenvalue weighted by Gasteiger charge is 2.27. The molecule has 1 aliphatic carbocycles. The Hall–Kier alpha value is -0.780. The topological polar surface area (TPSA) is 46.6 Å². The standard InChI is InChI=1S/C14H20ClNO3S/c1-16(10-11-4-3-5-11)20(17,18)13-6-7-14(19-2)12(8-13)9-15/h6-8,11H,3-5,9-10H2,1-2H3. The second-order valence-corrected chi connectivity index (χ2v) is 7.50. The maximum Gasteiger partial charge on any atom is 0.242 e. The van der Waals surface area contributed by atoms with E-state index in [9.17, 15) is 8.42 Å². The third-order valence-corrected chi connectivity index (χ3v) is 5.95. The van der Waals surface area contributed by atoms with Crippen molar-refractivity contribution in [3.63, 3.8) is 0 Å². The highest BCUT2D eigenvalue weighted by molar-refractivity contribution is 7.89. The van der Waals surface area contributed by atoms with E-state index < -0.39 is 10.0 Å². The van der Waals surface area contributed by atoms with Gasteiger partial charge >= 0.3 is 0 Å². The number of ether oxygens (including phenoxy) is 1. The molecule has 0 N–H and O–H groups in total. The number of methoxy groups -OCH3 is 1. The van der Waals surface area contributed by atoms with Crippen LogP contribution in [0, 0.1) is 5.92 Å². The molecule has 1 aromatic carbocycles. The Morgan fingerprint density at radius 1 is 1.40 bits per heavy atom. The van der Waals surface area contributed by atoms with Crippen molar-refractivity contribution in [3.05, 3.63) is 23.8 Å². The van der Waals surface area contributed by atoms with Gasteiger partial charge in [0.05, 0.1) is 17.9 Å². The van der Waals surface area contributed by atoms with Crippen molar-refractivity contribution in [1.29, 1.82) is 0 Å². The van der Waals surface area contributed by atoms with Gasteiger partial charge in [-0.05, 0) is 37.0 Å². The Morgan fingerprint density at radius 2 is 2.10 bits per heavy atom. The fraction of sp³-hybridized carbons (Fsp3) is 0.571. The second-order valence-electron chi connectivity index (χ2n) is 5.19. The molecule has 1 aromatic rings. The minimum atomic E-state index is -3.45. The van der Waals surface area contributed by atoms with Crippen molar-refractivity contribution in [3.8, 4) is 5.75 Å². The van der Waals surface area contributed by atoms with Crippen LogP contribution < -0.4 is 4.74 Å². The number of hydrogen-bond acceptors (Lipinski definition) is 3. The van der Waals surface area contributed by atoms with Crippen LogP contribution in [-0.4, -0.2) is 33.4 Å². The maximum atomic E-state index is 12.5. The second kappa shape index (κ2) is 6.33. The molecule has 0 heterocycles. The number of rotatable bonds is 6. The molecule has 0 spiro atoms. The van der Waals surface area contributed by atoms with Gasteiger partial charge in [-0.15, -0.1) is 11.6 Å². The number of benzene rings is 1. The molecule has 20 heavy (non-hydrogen) atoms. The van der Waals surface area contributed by atoms with E-state index in [0.717, 1.165) is 12.8 Å². The lowest BCUT2D eigenvalue weighted by Crippen LogP contribution is -2.34. The van der Waals surface area contributed by atoms with E-state index in [0.29, 0.717) is 23.8 Å². The molecule has 112 valence electrons. The summed E-state index contributed by atoms with van der Waals surface area (Å²) in [5, 5.41) is 0. The minimum absolute atomic E-state index is 0.221. The molecular weight excluding hydrogens is 298 g/mol. The van der Waals surface area contributed by atoms with Crippen LogP contribution in [0.1, 0.15) is 24.8 Å². The smallest absolute Gasteiger partial charge is 0.242 e. The predicted molar refractivity (Wildman–Crippen MR) is 79.7 cm³/mol. The van der Waals surface area contributed by atoms with Crippen molar-refractivity contribution < 1.29 is 13.2 Å². The summed E-state index contributed by atoms with van der Waals surface area (Å²) in [6.07, 6.45) is 3.45. The zero-order valence-electron chi connectivity index (χ0n) is 11.8. The van der Waals surface area contributed by atoms with Crippen LogP contribution in [0.2, 0.25) is 0 Å². The van der Waals surface area contributed by atoms with E-state index >= 15 is 0 Å². The molecule has 2 rings (SSSR count). The van der Waals surface area contributed by atoms with Gasteiger partial charge in [0.25, 0.3) is 0 Å². The van der Waals surface area contributed by atoms with E-state index in [4.69, 9.17) is 16.3 Å². The molecule has 0 aliphatic heterocycles. The van der Waals surface area contributed by atoms with Gasteiger partial charge in [0.2, 0.25) is 10.0 Å². The zero-order chi connectivity index (χ0) is 14.8. The fourth-order valence-corrected chi connectivity index (χ4v) is 3.84. The van der Waals surface area contributed by atoms with Gasteiger partial charge in [-0.1, -0.05) is 6.42 Å². The van der Waals surface area contributed by atoms with Gasteiger partial charge in [0.1, 0.15) is 5.75 Å². The van der Waals surface area contributed by atoms with E-state index in [1.807, 2.05) is 0 Å². The normalized spacial score (nSPS) is 16.2. The van der Waals surface area contributed by atoms with Gasteiger partial charge in [0, 0.05) is 19.2 Å². The van der Waals surface area contributed by atoms with Gasteiger partial charge in [-0.2, -0.15) is 0 Å². The number of alkyl halides is 1. The van der Waals surface area contributed by atoms with Crippen LogP contribution in [0.25, 0.3) is 0 Å². The molecule has 4 nitrogen and oxygen atoms in total. The summed E-state index contributed by atoms with van der Waals surface area (Å²) in [4.78, 5) is 0.274. The molecule has 0 unspecified atom stereocenters. The van der Waals surface area contributed by atoms with Crippen molar-refractivity contribution in [2.24, 2.45) is 5.92 Å². The first-order chi connectivity index (χ1) is 9.48. The number of nitrogens with zero attached hydrogens (tertiary/aromatic N) is 1. The van der Waals surface area contributed by atoms with Crippen LogP contribution in [-0.2, 0) is 15.9 Å².